The lowest BCUT2D eigenvalue weighted by Crippen LogP contribution is -2.04. The van der Waals surface area contributed by atoms with Crippen molar-refractivity contribution in [2.75, 3.05) is 18.5 Å². The number of tetrazole rings is 1. The number of aromatic nitrogens is 4. The third kappa shape index (κ3) is 3.84. The molecular weight excluding hydrogens is 258 g/mol. The maximum Gasteiger partial charge on any atom is 0.263 e. The van der Waals surface area contributed by atoms with E-state index < -0.39 is 0 Å². The van der Waals surface area contributed by atoms with Gasteiger partial charge in [-0.3, -0.25) is 0 Å². The highest BCUT2D eigenvalue weighted by Crippen LogP contribution is 2.28. The van der Waals surface area contributed by atoms with Crippen molar-refractivity contribution >= 4 is 5.95 Å². The van der Waals surface area contributed by atoms with Crippen LogP contribution in [0.5, 0.6) is 11.5 Å². The van der Waals surface area contributed by atoms with Crippen molar-refractivity contribution in [3.8, 4) is 11.5 Å². The number of hydrogen-bond acceptors (Lipinski definition) is 6. The first-order valence-electron chi connectivity index (χ1n) is 6.69. The summed E-state index contributed by atoms with van der Waals surface area (Å²) in [4.78, 5) is 0. The smallest absolute Gasteiger partial charge is 0.263 e. The molecule has 20 heavy (non-hydrogen) atoms. The second-order valence-electron chi connectivity index (χ2n) is 4.15. The van der Waals surface area contributed by atoms with Gasteiger partial charge in [-0.15, -0.1) is 5.10 Å². The van der Waals surface area contributed by atoms with Gasteiger partial charge < -0.3 is 14.8 Å². The summed E-state index contributed by atoms with van der Waals surface area (Å²) in [6.45, 7) is 5.90. The Morgan fingerprint density at radius 3 is 2.80 bits per heavy atom. The largest absolute Gasteiger partial charge is 0.490 e. The quantitative estimate of drug-likeness (QED) is 0.767. The minimum atomic E-state index is 0.467. The fourth-order valence-corrected chi connectivity index (χ4v) is 1.68. The van der Waals surface area contributed by atoms with Gasteiger partial charge in [-0.1, -0.05) is 18.1 Å². The molecule has 2 aromatic rings. The predicted octanol–water partition coefficient (Wildman–Crippen LogP) is 2.00. The summed E-state index contributed by atoms with van der Waals surface area (Å²) in [6, 6.07) is 5.87. The van der Waals surface area contributed by atoms with E-state index in [2.05, 4.69) is 32.9 Å². The molecular formula is C13H19N5O2. The van der Waals surface area contributed by atoms with Gasteiger partial charge >= 0.3 is 0 Å². The molecule has 7 nitrogen and oxygen atoms in total. The molecule has 0 saturated carbocycles. The molecule has 1 heterocycles. The Morgan fingerprint density at radius 1 is 1.20 bits per heavy atom. The molecule has 0 aliphatic carbocycles. The Balaban J connectivity index is 2.04. The molecule has 1 aromatic carbocycles. The topological polar surface area (TPSA) is 85.0 Å². The first-order valence-corrected chi connectivity index (χ1v) is 6.69. The lowest BCUT2D eigenvalue weighted by molar-refractivity contribution is 0.276. The van der Waals surface area contributed by atoms with Crippen molar-refractivity contribution < 1.29 is 9.47 Å². The number of H-pyrrole nitrogens is 1. The van der Waals surface area contributed by atoms with E-state index in [1.807, 2.05) is 25.1 Å². The van der Waals surface area contributed by atoms with E-state index in [9.17, 15) is 0 Å². The molecule has 2 rings (SSSR count). The zero-order valence-electron chi connectivity index (χ0n) is 11.7. The molecule has 7 heteroatoms. The molecule has 0 fully saturated rings. The molecule has 0 radical (unpaired) electrons. The van der Waals surface area contributed by atoms with E-state index in [0.29, 0.717) is 25.7 Å². The molecule has 0 aliphatic heterocycles. The maximum atomic E-state index is 5.66. The van der Waals surface area contributed by atoms with Gasteiger partial charge in [-0.25, -0.2) is 0 Å². The number of nitrogens with one attached hydrogen (secondary N) is 2. The summed E-state index contributed by atoms with van der Waals surface area (Å²) in [7, 11) is 0. The van der Waals surface area contributed by atoms with Gasteiger partial charge in [0.2, 0.25) is 0 Å². The second kappa shape index (κ2) is 7.32. The van der Waals surface area contributed by atoms with E-state index in [0.717, 1.165) is 23.5 Å². The van der Waals surface area contributed by atoms with Crippen LogP contribution in [-0.4, -0.2) is 33.8 Å². The molecule has 1 aromatic heterocycles. The van der Waals surface area contributed by atoms with Crippen molar-refractivity contribution in [1.29, 1.82) is 0 Å². The summed E-state index contributed by atoms with van der Waals surface area (Å²) in [6.07, 6.45) is 0.965. The van der Waals surface area contributed by atoms with Crippen LogP contribution in [0.25, 0.3) is 0 Å². The Morgan fingerprint density at radius 2 is 2.10 bits per heavy atom. The summed E-state index contributed by atoms with van der Waals surface area (Å²) >= 11 is 0. The third-order valence-electron chi connectivity index (χ3n) is 2.57. The van der Waals surface area contributed by atoms with Crippen LogP contribution in [0.1, 0.15) is 25.8 Å². The van der Waals surface area contributed by atoms with E-state index in [1.165, 1.54) is 0 Å². The Kier molecular flexibility index (Phi) is 5.16. The lowest BCUT2D eigenvalue weighted by atomic mass is 10.2. The summed E-state index contributed by atoms with van der Waals surface area (Å²) in [5.74, 6) is 2.00. The zero-order chi connectivity index (χ0) is 14.2. The standard InChI is InChI=1S/C13H19N5O2/c1-3-7-20-11-6-5-10(8-12(11)19-4-2)9-14-13-15-17-18-16-13/h5-6,8H,3-4,7,9H2,1-2H3,(H2,14,15,16,17,18). The fraction of sp³-hybridized carbons (Fsp3) is 0.462. The number of aromatic amines is 1. The van der Waals surface area contributed by atoms with Gasteiger partial charge in [0.15, 0.2) is 11.5 Å². The minimum absolute atomic E-state index is 0.467. The number of nitrogens with zero attached hydrogens (tertiary/aromatic N) is 3. The number of benzene rings is 1. The van der Waals surface area contributed by atoms with Crippen molar-refractivity contribution in [2.24, 2.45) is 0 Å². The number of rotatable bonds is 8. The number of ether oxygens (including phenoxy) is 2. The summed E-state index contributed by atoms with van der Waals surface area (Å²) in [5, 5.41) is 16.6. The van der Waals surface area contributed by atoms with Gasteiger partial charge in [0, 0.05) is 6.54 Å². The van der Waals surface area contributed by atoms with Crippen LogP contribution >= 0.6 is 0 Å². The van der Waals surface area contributed by atoms with Crippen molar-refractivity contribution in [3.63, 3.8) is 0 Å². The van der Waals surface area contributed by atoms with Gasteiger partial charge in [0.05, 0.1) is 13.2 Å². The van der Waals surface area contributed by atoms with Crippen molar-refractivity contribution in [1.82, 2.24) is 20.6 Å². The van der Waals surface area contributed by atoms with Crippen LogP contribution in [0, 0.1) is 0 Å². The van der Waals surface area contributed by atoms with Crippen molar-refractivity contribution in [3.05, 3.63) is 23.8 Å². The first kappa shape index (κ1) is 14.1. The molecule has 0 saturated heterocycles. The lowest BCUT2D eigenvalue weighted by Gasteiger charge is -2.13. The molecule has 0 spiro atoms. The molecule has 2 N–H and O–H groups in total. The van der Waals surface area contributed by atoms with Crippen LogP contribution in [0.2, 0.25) is 0 Å². The molecule has 108 valence electrons. The van der Waals surface area contributed by atoms with Crippen LogP contribution in [0.4, 0.5) is 5.95 Å². The van der Waals surface area contributed by atoms with E-state index in [4.69, 9.17) is 9.47 Å². The molecule has 0 bridgehead atoms. The Labute approximate surface area is 117 Å². The van der Waals surface area contributed by atoms with E-state index in [1.54, 1.807) is 0 Å². The maximum absolute atomic E-state index is 5.66. The van der Waals surface area contributed by atoms with E-state index >= 15 is 0 Å². The minimum Gasteiger partial charge on any atom is -0.490 e. The molecule has 0 unspecified atom stereocenters. The highest BCUT2D eigenvalue weighted by molar-refractivity contribution is 5.43. The van der Waals surface area contributed by atoms with Gasteiger partial charge in [0.25, 0.3) is 5.95 Å². The highest BCUT2D eigenvalue weighted by atomic mass is 16.5. The SMILES string of the molecule is CCCOc1ccc(CNc2nn[nH]n2)cc1OCC. The average Bonchev–Trinajstić information content (AvgIpc) is 2.98. The highest BCUT2D eigenvalue weighted by Gasteiger charge is 2.07. The number of anilines is 1. The summed E-state index contributed by atoms with van der Waals surface area (Å²) in [5.41, 5.74) is 1.06. The molecule has 0 atom stereocenters. The van der Waals surface area contributed by atoms with Gasteiger partial charge in [-0.05, 0) is 36.3 Å². The van der Waals surface area contributed by atoms with E-state index in [-0.39, 0.29) is 0 Å². The van der Waals surface area contributed by atoms with Gasteiger partial charge in [-0.2, -0.15) is 5.21 Å². The monoisotopic (exact) mass is 277 g/mol. The van der Waals surface area contributed by atoms with Crippen LogP contribution in [0.3, 0.4) is 0 Å². The van der Waals surface area contributed by atoms with Crippen molar-refractivity contribution in [2.45, 2.75) is 26.8 Å². The van der Waals surface area contributed by atoms with Gasteiger partial charge in [0.1, 0.15) is 0 Å². The summed E-state index contributed by atoms with van der Waals surface area (Å²) < 4.78 is 11.3. The molecule has 0 aliphatic rings. The Hall–Kier alpha value is -2.31. The van der Waals surface area contributed by atoms with Crippen LogP contribution in [0.15, 0.2) is 18.2 Å². The fourth-order valence-electron chi connectivity index (χ4n) is 1.68. The molecule has 0 amide bonds. The number of hydrogen-bond donors (Lipinski definition) is 2. The van der Waals surface area contributed by atoms with Crippen LogP contribution in [-0.2, 0) is 6.54 Å². The second-order valence-corrected chi connectivity index (χ2v) is 4.15. The van der Waals surface area contributed by atoms with Crippen LogP contribution < -0.4 is 14.8 Å². The third-order valence-corrected chi connectivity index (χ3v) is 2.57. The Bertz CT molecular complexity index is 515. The normalized spacial score (nSPS) is 10.3. The predicted molar refractivity (Wildman–Crippen MR) is 74.9 cm³/mol. The average molecular weight is 277 g/mol. The zero-order valence-corrected chi connectivity index (χ0v) is 11.7. The first-order chi connectivity index (χ1) is 9.83.